The Bertz CT molecular complexity index is 1670. The van der Waals surface area contributed by atoms with Crippen LogP contribution >= 0.6 is 0 Å². The summed E-state index contributed by atoms with van der Waals surface area (Å²) in [5.74, 6) is 1.58. The second kappa shape index (κ2) is 8.89. The number of nitrogens with two attached hydrogens (primary N) is 1. The number of anilines is 1. The van der Waals surface area contributed by atoms with Crippen LogP contribution in [0, 0.1) is 5.41 Å². The third kappa shape index (κ3) is 3.73. The quantitative estimate of drug-likeness (QED) is 0.305. The molecular weight excluding hydrogens is 522 g/mol. The number of amides is 2. The zero-order valence-electron chi connectivity index (χ0n) is 22.8. The standard InChI is InChI=1S/C31H29N5O5/c1-39-24-13-21-22(14-25(24)40-2)34-10-7-23(21)41-20-5-3-19(4-6-20)36(28(38)31(8-9-31)27(32)37)30-16-29(17-30,18-30)26-15-33-11-12-35-26/h3-7,10-15H,8-9,16-18H2,1-2H3,(H2,32,37). The number of ether oxygens (including phenoxy) is 3. The number of hydrogen-bond acceptors (Lipinski definition) is 8. The van der Waals surface area contributed by atoms with Crippen LogP contribution in [0.15, 0.2) is 67.3 Å². The zero-order valence-corrected chi connectivity index (χ0v) is 22.8. The Balaban J connectivity index is 1.19. The number of methoxy groups -OCH3 is 2. The highest BCUT2D eigenvalue weighted by molar-refractivity contribution is 6.14. The van der Waals surface area contributed by atoms with Gasteiger partial charge in [0.1, 0.15) is 16.9 Å². The lowest BCUT2D eigenvalue weighted by atomic mass is 9.37. The smallest absolute Gasteiger partial charge is 0.243 e. The largest absolute Gasteiger partial charge is 0.493 e. The van der Waals surface area contributed by atoms with E-state index in [2.05, 4.69) is 15.0 Å². The van der Waals surface area contributed by atoms with Crippen LogP contribution in [-0.2, 0) is 15.0 Å². The summed E-state index contributed by atoms with van der Waals surface area (Å²) in [6.07, 6.45) is 10.1. The lowest BCUT2D eigenvalue weighted by molar-refractivity contribution is -0.140. The molecular formula is C31H29N5O5. The maximum atomic E-state index is 13.9. The fourth-order valence-electron chi connectivity index (χ4n) is 6.65. The first-order valence-corrected chi connectivity index (χ1v) is 13.5. The highest BCUT2D eigenvalue weighted by atomic mass is 16.5. The molecule has 0 aliphatic heterocycles. The molecule has 10 heteroatoms. The Morgan fingerprint density at radius 1 is 0.878 bits per heavy atom. The monoisotopic (exact) mass is 551 g/mol. The van der Waals surface area contributed by atoms with E-state index in [1.54, 1.807) is 44.9 Å². The van der Waals surface area contributed by atoms with E-state index >= 15 is 0 Å². The van der Waals surface area contributed by atoms with Gasteiger partial charge in [0, 0.05) is 47.3 Å². The van der Waals surface area contributed by atoms with E-state index in [-0.39, 0.29) is 16.9 Å². The molecule has 2 amide bonds. The van der Waals surface area contributed by atoms with Crippen molar-refractivity contribution in [1.82, 2.24) is 15.0 Å². The summed E-state index contributed by atoms with van der Waals surface area (Å²) in [7, 11) is 3.16. The molecule has 0 atom stereocenters. The molecule has 0 unspecified atom stereocenters. The van der Waals surface area contributed by atoms with Crippen LogP contribution in [0.1, 0.15) is 37.8 Å². The molecule has 0 radical (unpaired) electrons. The van der Waals surface area contributed by atoms with Crippen molar-refractivity contribution in [2.45, 2.75) is 43.1 Å². The predicted molar refractivity (Wildman–Crippen MR) is 150 cm³/mol. The minimum Gasteiger partial charge on any atom is -0.493 e. The molecule has 41 heavy (non-hydrogen) atoms. The number of benzene rings is 2. The second-order valence-corrected chi connectivity index (χ2v) is 11.3. The molecule has 10 nitrogen and oxygen atoms in total. The third-order valence-electron chi connectivity index (χ3n) is 8.95. The Morgan fingerprint density at radius 3 is 2.20 bits per heavy atom. The minimum absolute atomic E-state index is 0.0780. The maximum absolute atomic E-state index is 13.9. The first kappa shape index (κ1) is 25.3. The predicted octanol–water partition coefficient (Wildman–Crippen LogP) is 4.31. The number of carbonyl (C=O) groups is 2. The van der Waals surface area contributed by atoms with E-state index < -0.39 is 11.3 Å². The Hall–Kier alpha value is -4.73. The number of primary amides is 1. The van der Waals surface area contributed by atoms with Crippen molar-refractivity contribution in [2.75, 3.05) is 19.1 Å². The minimum atomic E-state index is -1.12. The van der Waals surface area contributed by atoms with Gasteiger partial charge in [-0.3, -0.25) is 24.5 Å². The molecule has 8 rings (SSSR count). The molecule has 4 aliphatic carbocycles. The summed E-state index contributed by atoms with van der Waals surface area (Å²) in [6.45, 7) is 0. The number of aromatic nitrogens is 3. The van der Waals surface area contributed by atoms with Crippen LogP contribution in [0.2, 0.25) is 0 Å². The number of pyridine rings is 1. The average molecular weight is 552 g/mol. The van der Waals surface area contributed by atoms with E-state index in [1.807, 2.05) is 41.4 Å². The molecule has 0 saturated heterocycles. The number of fused-ring (bicyclic) bond motifs is 1. The third-order valence-corrected chi connectivity index (χ3v) is 8.95. The van der Waals surface area contributed by atoms with Crippen molar-refractivity contribution in [3.8, 4) is 23.0 Å². The Morgan fingerprint density at radius 2 is 1.59 bits per heavy atom. The van der Waals surface area contributed by atoms with Crippen molar-refractivity contribution in [3.63, 3.8) is 0 Å². The molecule has 208 valence electrons. The first-order valence-electron chi connectivity index (χ1n) is 13.5. The zero-order chi connectivity index (χ0) is 28.4. The summed E-state index contributed by atoms with van der Waals surface area (Å²) in [5, 5.41) is 0.770. The van der Waals surface area contributed by atoms with Crippen LogP contribution in [0.4, 0.5) is 5.69 Å². The maximum Gasteiger partial charge on any atom is 0.243 e. The molecule has 4 fully saturated rings. The van der Waals surface area contributed by atoms with Crippen LogP contribution in [0.3, 0.4) is 0 Å². The van der Waals surface area contributed by atoms with Crippen molar-refractivity contribution >= 4 is 28.4 Å². The van der Waals surface area contributed by atoms with E-state index in [1.165, 1.54) is 0 Å². The summed E-state index contributed by atoms with van der Waals surface area (Å²) >= 11 is 0. The summed E-state index contributed by atoms with van der Waals surface area (Å²) in [6, 6.07) is 12.8. The van der Waals surface area contributed by atoms with Gasteiger partial charge >= 0.3 is 0 Å². The molecule has 2 bridgehead atoms. The van der Waals surface area contributed by atoms with Crippen LogP contribution < -0.4 is 24.8 Å². The van der Waals surface area contributed by atoms with Gasteiger partial charge in [0.05, 0.1) is 31.0 Å². The lowest BCUT2D eigenvalue weighted by Crippen LogP contribution is -2.78. The SMILES string of the molecule is COc1cc2nccc(Oc3ccc(N(C(=O)C4(C(N)=O)CC4)C45CC(c6cnccn6)(C4)C5)cc3)c2cc1OC. The highest BCUT2D eigenvalue weighted by Gasteiger charge is 2.74. The fraction of sp³-hybridized carbons (Fsp3) is 0.323. The first-order chi connectivity index (χ1) is 19.8. The van der Waals surface area contributed by atoms with E-state index in [9.17, 15) is 9.59 Å². The molecule has 2 N–H and O–H groups in total. The van der Waals surface area contributed by atoms with Gasteiger partial charge in [-0.1, -0.05) is 0 Å². The van der Waals surface area contributed by atoms with E-state index in [0.29, 0.717) is 47.0 Å². The van der Waals surface area contributed by atoms with Crippen molar-refractivity contribution in [2.24, 2.45) is 11.1 Å². The number of rotatable bonds is 9. The molecule has 2 heterocycles. The van der Waals surface area contributed by atoms with Gasteiger partial charge < -0.3 is 24.8 Å². The molecule has 4 aromatic rings. The van der Waals surface area contributed by atoms with Crippen LogP contribution in [0.5, 0.6) is 23.0 Å². The fourth-order valence-corrected chi connectivity index (χ4v) is 6.65. The highest BCUT2D eigenvalue weighted by Crippen LogP contribution is 2.71. The average Bonchev–Trinajstić information content (AvgIpc) is 3.77. The van der Waals surface area contributed by atoms with Crippen molar-refractivity contribution < 1.29 is 23.8 Å². The Kier molecular flexibility index (Phi) is 5.47. The number of hydrogen-bond donors (Lipinski definition) is 1. The normalized spacial score (nSPS) is 23.1. The molecule has 0 spiro atoms. The molecule has 2 aromatic heterocycles. The topological polar surface area (TPSA) is 130 Å². The molecule has 4 saturated carbocycles. The van der Waals surface area contributed by atoms with Gasteiger partial charge in [0.15, 0.2) is 11.5 Å². The van der Waals surface area contributed by atoms with Gasteiger partial charge in [-0.15, -0.1) is 0 Å². The van der Waals surface area contributed by atoms with E-state index in [4.69, 9.17) is 19.9 Å². The lowest BCUT2D eigenvalue weighted by Gasteiger charge is -2.73. The summed E-state index contributed by atoms with van der Waals surface area (Å²) < 4.78 is 17.1. The van der Waals surface area contributed by atoms with Crippen LogP contribution in [0.25, 0.3) is 10.9 Å². The van der Waals surface area contributed by atoms with Crippen molar-refractivity contribution in [1.29, 1.82) is 0 Å². The van der Waals surface area contributed by atoms with Gasteiger partial charge in [-0.05, 0) is 68.5 Å². The summed E-state index contributed by atoms with van der Waals surface area (Å²) in [5.41, 5.74) is 6.52. The van der Waals surface area contributed by atoms with E-state index in [0.717, 1.165) is 30.3 Å². The van der Waals surface area contributed by atoms with Gasteiger partial charge in [0.25, 0.3) is 0 Å². The van der Waals surface area contributed by atoms with Gasteiger partial charge in [-0.2, -0.15) is 0 Å². The van der Waals surface area contributed by atoms with Gasteiger partial charge in [0.2, 0.25) is 11.8 Å². The summed E-state index contributed by atoms with van der Waals surface area (Å²) in [4.78, 5) is 41.3. The molecule has 2 aromatic carbocycles. The van der Waals surface area contributed by atoms with Gasteiger partial charge in [-0.25, -0.2) is 0 Å². The Labute approximate surface area is 236 Å². The molecule has 4 aliphatic rings. The van der Waals surface area contributed by atoms with Crippen molar-refractivity contribution in [3.05, 3.63) is 72.9 Å². The van der Waals surface area contributed by atoms with Crippen LogP contribution in [-0.4, -0.2) is 46.5 Å². The number of carbonyl (C=O) groups excluding carboxylic acids is 2. The second-order valence-electron chi connectivity index (χ2n) is 11.3. The number of nitrogens with zero attached hydrogens (tertiary/aromatic N) is 4.